The summed E-state index contributed by atoms with van der Waals surface area (Å²) in [4.78, 5) is 36.7. The Balaban J connectivity index is 2.35. The molecule has 0 aliphatic carbocycles. The number of aromatic nitrogens is 1. The molecule has 0 radical (unpaired) electrons. The highest BCUT2D eigenvalue weighted by Crippen LogP contribution is 2.24. The SMILES string of the molecule is CCOC(=O)c1cc2cc(O)ccc2n1CC(=O)N[C@H](C(=O)OC)C(C)C. The molecule has 1 aromatic heterocycles. The van der Waals surface area contributed by atoms with Crippen LogP contribution in [0.5, 0.6) is 5.75 Å². The van der Waals surface area contributed by atoms with Crippen LogP contribution in [0.3, 0.4) is 0 Å². The van der Waals surface area contributed by atoms with Gasteiger partial charge in [-0.2, -0.15) is 0 Å². The van der Waals surface area contributed by atoms with Gasteiger partial charge < -0.3 is 24.5 Å². The Morgan fingerprint density at radius 2 is 1.93 bits per heavy atom. The number of esters is 2. The van der Waals surface area contributed by atoms with E-state index in [1.807, 2.05) is 0 Å². The summed E-state index contributed by atoms with van der Waals surface area (Å²) < 4.78 is 11.3. The number of amides is 1. The molecule has 27 heavy (non-hydrogen) atoms. The first-order valence-electron chi connectivity index (χ1n) is 8.65. The van der Waals surface area contributed by atoms with Crippen LogP contribution in [0.25, 0.3) is 10.9 Å². The van der Waals surface area contributed by atoms with E-state index in [1.54, 1.807) is 32.9 Å². The minimum Gasteiger partial charge on any atom is -0.508 e. The minimum absolute atomic E-state index is 0.0464. The molecule has 0 unspecified atom stereocenters. The van der Waals surface area contributed by atoms with Crippen LogP contribution in [-0.4, -0.2) is 47.3 Å². The van der Waals surface area contributed by atoms with E-state index in [4.69, 9.17) is 9.47 Å². The quantitative estimate of drug-likeness (QED) is 0.714. The Bertz CT molecular complexity index is 855. The summed E-state index contributed by atoms with van der Waals surface area (Å²) in [5, 5.41) is 12.9. The van der Waals surface area contributed by atoms with Gasteiger partial charge in [0.15, 0.2) is 0 Å². The fourth-order valence-electron chi connectivity index (χ4n) is 2.79. The maximum absolute atomic E-state index is 12.5. The average Bonchev–Trinajstić information content (AvgIpc) is 2.96. The lowest BCUT2D eigenvalue weighted by molar-refractivity contribution is -0.146. The van der Waals surface area contributed by atoms with Crippen molar-refractivity contribution in [1.29, 1.82) is 0 Å². The zero-order valence-corrected chi connectivity index (χ0v) is 15.8. The molecule has 8 heteroatoms. The van der Waals surface area contributed by atoms with Gasteiger partial charge in [0.05, 0.1) is 13.7 Å². The molecule has 8 nitrogen and oxygen atoms in total. The highest BCUT2D eigenvalue weighted by atomic mass is 16.5. The molecule has 0 bridgehead atoms. The number of benzene rings is 1. The predicted molar refractivity (Wildman–Crippen MR) is 98.3 cm³/mol. The molecule has 0 aliphatic heterocycles. The van der Waals surface area contributed by atoms with Crippen LogP contribution < -0.4 is 5.32 Å². The number of aromatic hydroxyl groups is 1. The van der Waals surface area contributed by atoms with Gasteiger partial charge in [-0.15, -0.1) is 0 Å². The summed E-state index contributed by atoms with van der Waals surface area (Å²) in [5.74, 6) is -1.68. The predicted octanol–water partition coefficient (Wildman–Crippen LogP) is 1.84. The first-order valence-corrected chi connectivity index (χ1v) is 8.65. The third-order valence-corrected chi connectivity index (χ3v) is 4.11. The third-order valence-electron chi connectivity index (χ3n) is 4.11. The molecule has 0 aliphatic rings. The van der Waals surface area contributed by atoms with Gasteiger partial charge in [0.1, 0.15) is 24.0 Å². The zero-order valence-electron chi connectivity index (χ0n) is 15.8. The lowest BCUT2D eigenvalue weighted by atomic mass is 10.0. The van der Waals surface area contributed by atoms with Crippen LogP contribution in [0, 0.1) is 5.92 Å². The van der Waals surface area contributed by atoms with Gasteiger partial charge in [-0.25, -0.2) is 9.59 Å². The van der Waals surface area contributed by atoms with Crippen molar-refractivity contribution < 1.29 is 29.0 Å². The molecule has 0 saturated carbocycles. The van der Waals surface area contributed by atoms with Gasteiger partial charge in [-0.3, -0.25) is 4.79 Å². The Morgan fingerprint density at radius 1 is 1.22 bits per heavy atom. The second-order valence-electron chi connectivity index (χ2n) is 6.39. The molecule has 2 aromatic rings. The topological polar surface area (TPSA) is 107 Å². The van der Waals surface area contributed by atoms with E-state index in [0.717, 1.165) is 0 Å². The summed E-state index contributed by atoms with van der Waals surface area (Å²) in [6, 6.07) is 5.34. The Labute approximate surface area is 157 Å². The molecule has 146 valence electrons. The van der Waals surface area contributed by atoms with E-state index < -0.39 is 23.9 Å². The molecule has 0 saturated heterocycles. The average molecular weight is 376 g/mol. The summed E-state index contributed by atoms with van der Waals surface area (Å²) in [6.07, 6.45) is 0. The van der Waals surface area contributed by atoms with Gasteiger partial charge in [-0.1, -0.05) is 13.8 Å². The lowest BCUT2D eigenvalue weighted by Gasteiger charge is -2.20. The molecular formula is C19H24N2O6. The third kappa shape index (κ3) is 4.58. The molecule has 1 amide bonds. The standard InChI is InChI=1S/C19H24N2O6/c1-5-27-18(24)15-9-12-8-13(22)6-7-14(12)21(15)10-16(23)20-17(11(2)3)19(25)26-4/h6-9,11,17,22H,5,10H2,1-4H3,(H,20,23)/t17-/m0/s1. The number of fused-ring (bicyclic) bond motifs is 1. The van der Waals surface area contributed by atoms with Crippen molar-refractivity contribution in [3.63, 3.8) is 0 Å². The zero-order chi connectivity index (χ0) is 20.1. The van der Waals surface area contributed by atoms with Gasteiger partial charge in [-0.05, 0) is 37.1 Å². The molecule has 1 aromatic carbocycles. The Hall–Kier alpha value is -3.03. The number of hydrogen-bond acceptors (Lipinski definition) is 6. The second-order valence-corrected chi connectivity index (χ2v) is 6.39. The molecule has 1 atom stereocenters. The fraction of sp³-hybridized carbons (Fsp3) is 0.421. The maximum atomic E-state index is 12.5. The molecular weight excluding hydrogens is 352 g/mol. The Kier molecular flexibility index (Phi) is 6.44. The minimum atomic E-state index is -0.792. The van der Waals surface area contributed by atoms with E-state index in [0.29, 0.717) is 10.9 Å². The maximum Gasteiger partial charge on any atom is 0.354 e. The largest absolute Gasteiger partial charge is 0.508 e. The molecule has 0 fully saturated rings. The van der Waals surface area contributed by atoms with Crippen molar-refractivity contribution >= 4 is 28.7 Å². The monoisotopic (exact) mass is 376 g/mol. The smallest absolute Gasteiger partial charge is 0.354 e. The number of methoxy groups -OCH3 is 1. The van der Waals surface area contributed by atoms with Crippen LogP contribution in [0.4, 0.5) is 0 Å². The van der Waals surface area contributed by atoms with E-state index in [2.05, 4.69) is 5.32 Å². The summed E-state index contributed by atoms with van der Waals surface area (Å²) >= 11 is 0. The first-order chi connectivity index (χ1) is 12.8. The van der Waals surface area contributed by atoms with Crippen LogP contribution in [0.1, 0.15) is 31.3 Å². The van der Waals surface area contributed by atoms with Crippen molar-refractivity contribution in [3.8, 4) is 5.75 Å². The van der Waals surface area contributed by atoms with Crippen molar-refractivity contribution in [2.75, 3.05) is 13.7 Å². The summed E-state index contributed by atoms with van der Waals surface area (Å²) in [7, 11) is 1.26. The van der Waals surface area contributed by atoms with Gasteiger partial charge in [0, 0.05) is 10.9 Å². The van der Waals surface area contributed by atoms with Crippen molar-refractivity contribution in [1.82, 2.24) is 9.88 Å². The highest BCUT2D eigenvalue weighted by molar-refractivity contribution is 5.97. The molecule has 2 N–H and O–H groups in total. The van der Waals surface area contributed by atoms with Gasteiger partial charge in [0.25, 0.3) is 0 Å². The van der Waals surface area contributed by atoms with Crippen molar-refractivity contribution in [2.45, 2.75) is 33.4 Å². The van der Waals surface area contributed by atoms with E-state index in [-0.39, 0.29) is 30.5 Å². The summed E-state index contributed by atoms with van der Waals surface area (Å²) in [5.41, 5.74) is 0.775. The Morgan fingerprint density at radius 3 is 2.52 bits per heavy atom. The molecule has 1 heterocycles. The number of carbonyl (C=O) groups is 3. The molecule has 2 rings (SSSR count). The van der Waals surface area contributed by atoms with Gasteiger partial charge in [0.2, 0.25) is 5.91 Å². The number of phenols is 1. The lowest BCUT2D eigenvalue weighted by Crippen LogP contribution is -2.46. The van der Waals surface area contributed by atoms with Crippen molar-refractivity contribution in [3.05, 3.63) is 30.0 Å². The second kappa shape index (κ2) is 8.57. The van der Waals surface area contributed by atoms with E-state index >= 15 is 0 Å². The summed E-state index contributed by atoms with van der Waals surface area (Å²) in [6.45, 7) is 5.27. The van der Waals surface area contributed by atoms with Crippen LogP contribution in [0.15, 0.2) is 24.3 Å². The number of carbonyl (C=O) groups excluding carboxylic acids is 3. The van der Waals surface area contributed by atoms with Crippen LogP contribution in [-0.2, 0) is 25.6 Å². The highest BCUT2D eigenvalue weighted by Gasteiger charge is 2.26. The van der Waals surface area contributed by atoms with Crippen LogP contribution in [0.2, 0.25) is 0 Å². The first kappa shape index (κ1) is 20.3. The van der Waals surface area contributed by atoms with E-state index in [9.17, 15) is 19.5 Å². The number of hydrogen-bond donors (Lipinski definition) is 2. The van der Waals surface area contributed by atoms with Gasteiger partial charge >= 0.3 is 11.9 Å². The van der Waals surface area contributed by atoms with E-state index in [1.165, 1.54) is 23.8 Å². The number of phenolic OH excluding ortho intramolecular Hbond substituents is 1. The van der Waals surface area contributed by atoms with Crippen LogP contribution >= 0.6 is 0 Å². The molecule has 0 spiro atoms. The normalized spacial score (nSPS) is 12.0. The fourth-order valence-corrected chi connectivity index (χ4v) is 2.79. The number of nitrogens with one attached hydrogen (secondary N) is 1. The number of rotatable bonds is 7. The number of ether oxygens (including phenoxy) is 2. The number of nitrogens with zero attached hydrogens (tertiary/aromatic N) is 1. The van der Waals surface area contributed by atoms with Crippen molar-refractivity contribution in [2.24, 2.45) is 5.92 Å².